The van der Waals surface area contributed by atoms with Gasteiger partial charge in [0.2, 0.25) is 0 Å². The normalized spacial score (nSPS) is 24.9. The van der Waals surface area contributed by atoms with Crippen molar-refractivity contribution in [3.05, 3.63) is 95.1 Å². The highest BCUT2D eigenvalue weighted by Crippen LogP contribution is 2.46. The van der Waals surface area contributed by atoms with Gasteiger partial charge in [0.1, 0.15) is 6.61 Å². The number of ether oxygens (including phenoxy) is 2. The molecule has 6 rings (SSSR count). The maximum Gasteiger partial charge on any atom is 0.410 e. The lowest BCUT2D eigenvalue weighted by molar-refractivity contribution is -0.137. The number of hydrogen-bond donors (Lipinski definition) is 1. The summed E-state index contributed by atoms with van der Waals surface area (Å²) in [6.45, 7) is 0.641. The topological polar surface area (TPSA) is 59.0 Å². The lowest BCUT2D eigenvalue weighted by Gasteiger charge is -2.51. The number of rotatable bonds is 4. The molecule has 5 nitrogen and oxygen atoms in total. The first-order valence-electron chi connectivity index (χ1n) is 12.3. The summed E-state index contributed by atoms with van der Waals surface area (Å²) in [6, 6.07) is 21.5. The number of fused-ring (bicyclic) bond motifs is 5. The molecule has 1 amide bonds. The number of alkyl halides is 2. The molecule has 0 aromatic heterocycles. The first-order chi connectivity index (χ1) is 17.5. The van der Waals surface area contributed by atoms with Gasteiger partial charge in [0.15, 0.2) is 0 Å². The van der Waals surface area contributed by atoms with Crippen LogP contribution in [0.4, 0.5) is 13.6 Å². The lowest BCUT2D eigenvalue weighted by atomic mass is 9.75. The minimum atomic E-state index is -2.69. The van der Waals surface area contributed by atoms with E-state index in [0.29, 0.717) is 0 Å². The first-order valence-corrected chi connectivity index (χ1v) is 12.3. The van der Waals surface area contributed by atoms with Crippen LogP contribution in [0.1, 0.15) is 47.4 Å². The fraction of sp³-hybridized carbons (Fsp3) is 0.345. The zero-order valence-electron chi connectivity index (χ0n) is 19.6. The number of amides is 1. The van der Waals surface area contributed by atoms with Gasteiger partial charge >= 0.3 is 6.09 Å². The van der Waals surface area contributed by atoms with Crippen LogP contribution in [0.3, 0.4) is 0 Å². The van der Waals surface area contributed by atoms with Gasteiger partial charge in [-0.3, -0.25) is 4.90 Å². The maximum absolute atomic E-state index is 13.7. The molecule has 2 fully saturated rings. The third-order valence-electron chi connectivity index (χ3n) is 7.80. The van der Waals surface area contributed by atoms with E-state index in [4.69, 9.17) is 9.47 Å². The Morgan fingerprint density at radius 3 is 2.11 bits per heavy atom. The van der Waals surface area contributed by atoms with Gasteiger partial charge in [-0.05, 0) is 27.8 Å². The molecule has 36 heavy (non-hydrogen) atoms. The van der Waals surface area contributed by atoms with E-state index in [1.54, 1.807) is 23.1 Å². The summed E-state index contributed by atoms with van der Waals surface area (Å²) < 4.78 is 38.9. The SMILES string of the molecule is O=C(OCC1c2ccccc2-c2ccccc21)N1C2COCC1CC(O)(c1ccccc1C(F)F)C2. The van der Waals surface area contributed by atoms with Crippen molar-refractivity contribution in [3.8, 4) is 11.1 Å². The molecule has 0 radical (unpaired) electrons. The summed E-state index contributed by atoms with van der Waals surface area (Å²) in [7, 11) is 0. The van der Waals surface area contributed by atoms with Crippen LogP contribution in [-0.4, -0.2) is 48.0 Å². The van der Waals surface area contributed by atoms with Gasteiger partial charge in [-0.15, -0.1) is 0 Å². The Hall–Kier alpha value is -3.29. The van der Waals surface area contributed by atoms with Crippen LogP contribution in [0.15, 0.2) is 72.8 Å². The van der Waals surface area contributed by atoms with Gasteiger partial charge < -0.3 is 14.6 Å². The van der Waals surface area contributed by atoms with E-state index in [2.05, 4.69) is 24.3 Å². The second kappa shape index (κ2) is 8.98. The Kier molecular flexibility index (Phi) is 5.77. The molecule has 0 spiro atoms. The predicted molar refractivity (Wildman–Crippen MR) is 130 cm³/mol. The average Bonchev–Trinajstić information content (AvgIpc) is 3.20. The van der Waals surface area contributed by atoms with Gasteiger partial charge in [-0.1, -0.05) is 72.8 Å². The molecule has 3 aliphatic rings. The minimum Gasteiger partial charge on any atom is -0.448 e. The van der Waals surface area contributed by atoms with Crippen molar-refractivity contribution in [3.63, 3.8) is 0 Å². The Balaban J connectivity index is 1.22. The quantitative estimate of drug-likeness (QED) is 0.514. The summed E-state index contributed by atoms with van der Waals surface area (Å²) in [4.78, 5) is 15.0. The van der Waals surface area contributed by atoms with E-state index in [1.807, 2.05) is 24.3 Å². The van der Waals surface area contributed by atoms with Crippen molar-refractivity contribution in [2.24, 2.45) is 0 Å². The van der Waals surface area contributed by atoms with Gasteiger partial charge in [0, 0.05) is 24.3 Å². The standard InChI is InChI=1S/C29H27F2NO4/c30-27(31)24-11-5-6-12-26(24)29(34)13-18-15-35-16-19(14-29)32(18)28(33)36-17-25-22-9-3-1-7-20(22)21-8-2-4-10-23(21)25/h1-12,18-19,25,27,34H,13-17H2. The van der Waals surface area contributed by atoms with Gasteiger partial charge in [0.25, 0.3) is 6.43 Å². The highest BCUT2D eigenvalue weighted by atomic mass is 19.3. The number of halogens is 2. The molecule has 2 unspecified atom stereocenters. The summed E-state index contributed by atoms with van der Waals surface area (Å²) in [6.07, 6.45) is -2.93. The van der Waals surface area contributed by atoms with Crippen LogP contribution < -0.4 is 0 Å². The number of morpholine rings is 1. The maximum atomic E-state index is 13.7. The smallest absolute Gasteiger partial charge is 0.410 e. The van der Waals surface area contributed by atoms with Crippen molar-refractivity contribution in [2.75, 3.05) is 19.8 Å². The summed E-state index contributed by atoms with van der Waals surface area (Å²) >= 11 is 0. The molecular weight excluding hydrogens is 464 g/mol. The van der Waals surface area contributed by atoms with Gasteiger partial charge in [0.05, 0.1) is 30.9 Å². The van der Waals surface area contributed by atoms with Crippen LogP contribution in [0, 0.1) is 0 Å². The zero-order chi connectivity index (χ0) is 24.9. The van der Waals surface area contributed by atoms with Crippen LogP contribution in [-0.2, 0) is 15.1 Å². The molecule has 1 aliphatic carbocycles. The average molecular weight is 492 g/mol. The summed E-state index contributed by atoms with van der Waals surface area (Å²) in [5.41, 5.74) is 3.16. The van der Waals surface area contributed by atoms with Crippen molar-refractivity contribution in [1.82, 2.24) is 4.90 Å². The number of carbonyl (C=O) groups excluding carboxylic acids is 1. The van der Waals surface area contributed by atoms with E-state index in [1.165, 1.54) is 6.07 Å². The van der Waals surface area contributed by atoms with Gasteiger partial charge in [-0.2, -0.15) is 0 Å². The number of aliphatic hydroxyl groups is 1. The number of nitrogens with zero attached hydrogens (tertiary/aromatic N) is 1. The molecule has 3 aromatic rings. The van der Waals surface area contributed by atoms with Crippen molar-refractivity contribution in [1.29, 1.82) is 0 Å². The molecule has 2 saturated heterocycles. The number of piperidine rings is 1. The number of hydrogen-bond acceptors (Lipinski definition) is 4. The molecule has 0 saturated carbocycles. The van der Waals surface area contributed by atoms with Crippen molar-refractivity contribution in [2.45, 2.75) is 42.9 Å². The molecule has 7 heteroatoms. The third kappa shape index (κ3) is 3.78. The second-order valence-corrected chi connectivity index (χ2v) is 9.88. The Labute approximate surface area is 208 Å². The van der Waals surface area contributed by atoms with Gasteiger partial charge in [-0.25, -0.2) is 13.6 Å². The van der Waals surface area contributed by atoms with E-state index >= 15 is 0 Å². The van der Waals surface area contributed by atoms with Crippen molar-refractivity contribution < 1.29 is 28.2 Å². The second-order valence-electron chi connectivity index (χ2n) is 9.88. The number of benzene rings is 3. The largest absolute Gasteiger partial charge is 0.448 e. The van der Waals surface area contributed by atoms with Crippen LogP contribution in [0.25, 0.3) is 11.1 Å². The third-order valence-corrected chi connectivity index (χ3v) is 7.80. The minimum absolute atomic E-state index is 0.0583. The monoisotopic (exact) mass is 491 g/mol. The molecule has 3 aromatic carbocycles. The lowest BCUT2D eigenvalue weighted by Crippen LogP contribution is -2.62. The van der Waals surface area contributed by atoms with E-state index in [0.717, 1.165) is 22.3 Å². The van der Waals surface area contributed by atoms with Crippen LogP contribution in [0.2, 0.25) is 0 Å². The Morgan fingerprint density at radius 1 is 0.944 bits per heavy atom. The predicted octanol–water partition coefficient (Wildman–Crippen LogP) is 5.62. The first kappa shape index (κ1) is 23.1. The Morgan fingerprint density at radius 2 is 1.50 bits per heavy atom. The molecule has 186 valence electrons. The van der Waals surface area contributed by atoms with E-state index < -0.39 is 30.2 Å². The molecular formula is C29H27F2NO4. The molecule has 1 N–H and O–H groups in total. The van der Waals surface area contributed by atoms with Crippen LogP contribution in [0.5, 0.6) is 0 Å². The van der Waals surface area contributed by atoms with E-state index in [-0.39, 0.29) is 49.7 Å². The highest BCUT2D eigenvalue weighted by molar-refractivity contribution is 5.79. The van der Waals surface area contributed by atoms with Crippen molar-refractivity contribution >= 4 is 6.09 Å². The van der Waals surface area contributed by atoms with E-state index in [9.17, 15) is 18.7 Å². The fourth-order valence-electron chi connectivity index (χ4n) is 6.27. The zero-order valence-corrected chi connectivity index (χ0v) is 19.6. The summed E-state index contributed by atoms with van der Waals surface area (Å²) in [5.74, 6) is -0.0583. The molecule has 2 aliphatic heterocycles. The molecule has 2 heterocycles. The summed E-state index contributed by atoms with van der Waals surface area (Å²) in [5, 5.41) is 11.5. The fourth-order valence-corrected chi connectivity index (χ4v) is 6.27. The Bertz CT molecular complexity index is 1240. The number of carbonyl (C=O) groups is 1. The molecule has 2 atom stereocenters. The highest BCUT2D eigenvalue weighted by Gasteiger charge is 2.50. The van der Waals surface area contributed by atoms with Crippen LogP contribution >= 0.6 is 0 Å². The molecule has 2 bridgehead atoms.